The van der Waals surface area contributed by atoms with Crippen molar-refractivity contribution < 1.29 is 28.5 Å². The fourth-order valence-corrected chi connectivity index (χ4v) is 4.87. The van der Waals surface area contributed by atoms with Crippen LogP contribution in [-0.4, -0.2) is 46.3 Å². The highest BCUT2D eigenvalue weighted by Gasteiger charge is 2.18. The van der Waals surface area contributed by atoms with Crippen molar-refractivity contribution in [1.29, 1.82) is 0 Å². The number of pyridine rings is 3. The third-order valence-electron chi connectivity index (χ3n) is 7.07. The van der Waals surface area contributed by atoms with Crippen molar-refractivity contribution in [2.45, 2.75) is 32.6 Å². The van der Waals surface area contributed by atoms with E-state index < -0.39 is 17.2 Å². The van der Waals surface area contributed by atoms with Crippen LogP contribution in [0.1, 0.15) is 47.3 Å². The number of nitrogens with one attached hydrogen (secondary N) is 2. The van der Waals surface area contributed by atoms with Crippen molar-refractivity contribution in [3.05, 3.63) is 81.7 Å². The molecule has 4 aromatic rings. The average Bonchev–Trinajstić information content (AvgIpc) is 3.50. The van der Waals surface area contributed by atoms with Crippen LogP contribution < -0.4 is 25.0 Å². The van der Waals surface area contributed by atoms with Gasteiger partial charge in [-0.15, -0.1) is 0 Å². The molecule has 1 fully saturated rings. The first kappa shape index (κ1) is 28.7. The third-order valence-corrected chi connectivity index (χ3v) is 7.07. The summed E-state index contributed by atoms with van der Waals surface area (Å²) in [4.78, 5) is 37.7. The predicted molar refractivity (Wildman–Crippen MR) is 156 cm³/mol. The molecule has 42 heavy (non-hydrogen) atoms. The Bertz CT molecular complexity index is 1700. The molecule has 1 aliphatic carbocycles. The number of halogens is 1. The van der Waals surface area contributed by atoms with E-state index in [9.17, 15) is 9.59 Å². The molecule has 3 heterocycles. The summed E-state index contributed by atoms with van der Waals surface area (Å²) in [7, 11) is 1.42. The number of carbonyl (C=O) groups is 1. The lowest BCUT2D eigenvalue weighted by atomic mass is 10.0. The Morgan fingerprint density at radius 1 is 1.19 bits per heavy atom. The quantitative estimate of drug-likeness (QED) is 0.229. The summed E-state index contributed by atoms with van der Waals surface area (Å²) in [6.45, 7) is 1.64. The summed E-state index contributed by atoms with van der Waals surface area (Å²) in [6.07, 6.45) is 11.2. The lowest BCUT2D eigenvalue weighted by Crippen LogP contribution is -2.24. The van der Waals surface area contributed by atoms with Gasteiger partial charge in [0.05, 0.1) is 19.2 Å². The number of benzene rings is 1. The SMILES string of the molecule is COc1nc2c(Oc3ccc(NC(=O)c4c[nH]c(C)c(/C=C/C5CCCC5)c4=O)cc3F)ccnc2cc1OCCO. The maximum atomic E-state index is 15.1. The Kier molecular flexibility index (Phi) is 8.77. The molecule has 0 unspecified atom stereocenters. The molecule has 0 bridgehead atoms. The highest BCUT2D eigenvalue weighted by Crippen LogP contribution is 2.35. The van der Waals surface area contributed by atoms with Crippen LogP contribution in [0.3, 0.4) is 0 Å². The molecule has 11 heteroatoms. The van der Waals surface area contributed by atoms with E-state index in [1.807, 2.05) is 6.08 Å². The normalized spacial score (nSPS) is 13.5. The van der Waals surface area contributed by atoms with Crippen LogP contribution in [-0.2, 0) is 0 Å². The number of hydrogen-bond donors (Lipinski definition) is 3. The molecule has 0 radical (unpaired) electrons. The molecule has 1 aliphatic rings. The Hall–Kier alpha value is -4.77. The van der Waals surface area contributed by atoms with Gasteiger partial charge in [-0.2, -0.15) is 0 Å². The molecular weight excluding hydrogens is 543 g/mol. The first-order valence-electron chi connectivity index (χ1n) is 13.6. The van der Waals surface area contributed by atoms with Crippen molar-refractivity contribution in [3.8, 4) is 23.1 Å². The number of aromatic amines is 1. The number of amides is 1. The van der Waals surface area contributed by atoms with E-state index >= 15 is 4.39 Å². The van der Waals surface area contributed by atoms with Gasteiger partial charge in [0.25, 0.3) is 11.8 Å². The number of carbonyl (C=O) groups excluding carboxylic acids is 1. The highest BCUT2D eigenvalue weighted by molar-refractivity contribution is 6.04. The van der Waals surface area contributed by atoms with E-state index in [0.717, 1.165) is 18.9 Å². The van der Waals surface area contributed by atoms with Crippen molar-refractivity contribution in [1.82, 2.24) is 15.0 Å². The minimum atomic E-state index is -0.745. The second-order valence-electron chi connectivity index (χ2n) is 9.92. The smallest absolute Gasteiger partial charge is 0.261 e. The molecule has 218 valence electrons. The van der Waals surface area contributed by atoms with Gasteiger partial charge >= 0.3 is 0 Å². The van der Waals surface area contributed by atoms with Crippen LogP contribution in [0.25, 0.3) is 17.1 Å². The fraction of sp³-hybridized carbons (Fsp3) is 0.290. The number of aliphatic hydroxyl groups excluding tert-OH is 1. The zero-order valence-electron chi connectivity index (χ0n) is 23.3. The molecule has 5 rings (SSSR count). The molecular formula is C31H31FN4O6. The largest absolute Gasteiger partial charge is 0.485 e. The zero-order chi connectivity index (χ0) is 29.6. The summed E-state index contributed by atoms with van der Waals surface area (Å²) in [5.41, 5.74) is 1.51. The average molecular weight is 575 g/mol. The standard InChI is InChI=1S/C31H31FN4O6/c1-18-21(9-7-19-5-3-4-6-19)29(38)22(17-34-18)30(39)35-20-8-10-25(23(32)15-20)42-26-11-12-33-24-16-27(41-14-13-37)31(40-2)36-28(24)26/h7-12,15-17,19,37H,3-6,13-14H2,1-2H3,(H,34,38)(H,35,39)/b9-7+. The van der Waals surface area contributed by atoms with Gasteiger partial charge in [0.15, 0.2) is 23.1 Å². The number of hydrogen-bond acceptors (Lipinski definition) is 8. The lowest BCUT2D eigenvalue weighted by Gasteiger charge is -2.13. The topological polar surface area (TPSA) is 136 Å². The number of nitrogens with zero attached hydrogens (tertiary/aromatic N) is 2. The molecule has 3 aromatic heterocycles. The van der Waals surface area contributed by atoms with Gasteiger partial charge in [-0.1, -0.05) is 25.0 Å². The van der Waals surface area contributed by atoms with E-state index in [-0.39, 0.29) is 41.8 Å². The molecule has 3 N–H and O–H groups in total. The maximum absolute atomic E-state index is 15.1. The highest BCUT2D eigenvalue weighted by atomic mass is 19.1. The van der Waals surface area contributed by atoms with Crippen LogP contribution in [0, 0.1) is 18.7 Å². The summed E-state index contributed by atoms with van der Waals surface area (Å²) in [6, 6.07) is 7.05. The van der Waals surface area contributed by atoms with Gasteiger partial charge in [-0.25, -0.2) is 9.37 Å². The van der Waals surface area contributed by atoms with E-state index in [2.05, 4.69) is 20.3 Å². The third kappa shape index (κ3) is 6.26. The van der Waals surface area contributed by atoms with Crippen LogP contribution in [0.15, 0.2) is 53.6 Å². The number of aliphatic hydroxyl groups is 1. The zero-order valence-corrected chi connectivity index (χ0v) is 23.3. The van der Waals surface area contributed by atoms with E-state index in [4.69, 9.17) is 19.3 Å². The first-order valence-corrected chi connectivity index (χ1v) is 13.6. The minimum absolute atomic E-state index is 0.0464. The first-order chi connectivity index (χ1) is 20.4. The molecule has 0 spiro atoms. The van der Waals surface area contributed by atoms with Crippen molar-refractivity contribution in [2.24, 2.45) is 5.92 Å². The Labute approximate surface area is 241 Å². The molecule has 0 atom stereocenters. The minimum Gasteiger partial charge on any atom is -0.485 e. The van der Waals surface area contributed by atoms with E-state index in [1.54, 1.807) is 19.1 Å². The molecule has 1 saturated carbocycles. The Morgan fingerprint density at radius 3 is 2.74 bits per heavy atom. The number of rotatable bonds is 10. The van der Waals surface area contributed by atoms with Gasteiger partial charge in [-0.05, 0) is 37.8 Å². The molecule has 1 amide bonds. The monoisotopic (exact) mass is 574 g/mol. The van der Waals surface area contributed by atoms with E-state index in [0.29, 0.717) is 34.0 Å². The number of aromatic nitrogens is 3. The van der Waals surface area contributed by atoms with E-state index in [1.165, 1.54) is 50.5 Å². The van der Waals surface area contributed by atoms with Crippen LogP contribution in [0.2, 0.25) is 0 Å². The number of anilines is 1. The molecule has 0 aliphatic heterocycles. The Morgan fingerprint density at radius 2 is 2.00 bits per heavy atom. The predicted octanol–water partition coefficient (Wildman–Crippen LogP) is 5.39. The number of fused-ring (bicyclic) bond motifs is 1. The van der Waals surface area contributed by atoms with Crippen LogP contribution in [0.4, 0.5) is 10.1 Å². The fourth-order valence-electron chi connectivity index (χ4n) is 4.87. The van der Waals surface area contributed by atoms with Gasteiger partial charge in [0, 0.05) is 47.5 Å². The maximum Gasteiger partial charge on any atom is 0.261 e. The number of aryl methyl sites for hydroxylation is 1. The molecule has 0 saturated heterocycles. The van der Waals surface area contributed by atoms with Crippen molar-refractivity contribution in [2.75, 3.05) is 25.6 Å². The van der Waals surface area contributed by atoms with Crippen molar-refractivity contribution >= 4 is 28.7 Å². The number of allylic oxidation sites excluding steroid dienone is 1. The van der Waals surface area contributed by atoms with Crippen molar-refractivity contribution in [3.63, 3.8) is 0 Å². The summed E-state index contributed by atoms with van der Waals surface area (Å²) in [5.74, 6) is -0.422. The number of methoxy groups -OCH3 is 1. The summed E-state index contributed by atoms with van der Waals surface area (Å²) < 4.78 is 31.7. The summed E-state index contributed by atoms with van der Waals surface area (Å²) >= 11 is 0. The Balaban J connectivity index is 1.34. The van der Waals surface area contributed by atoms with Crippen LogP contribution >= 0.6 is 0 Å². The van der Waals surface area contributed by atoms with Crippen LogP contribution in [0.5, 0.6) is 23.1 Å². The second-order valence-corrected chi connectivity index (χ2v) is 9.92. The number of H-pyrrole nitrogens is 1. The van der Waals surface area contributed by atoms with Gasteiger partial charge in [-0.3, -0.25) is 14.6 Å². The van der Waals surface area contributed by atoms with Gasteiger partial charge in [0.2, 0.25) is 5.43 Å². The summed E-state index contributed by atoms with van der Waals surface area (Å²) in [5, 5.41) is 11.6. The van der Waals surface area contributed by atoms with Gasteiger partial charge < -0.3 is 29.6 Å². The van der Waals surface area contributed by atoms with Gasteiger partial charge in [0.1, 0.15) is 17.7 Å². The number of ether oxygens (including phenoxy) is 3. The molecule has 1 aromatic carbocycles. The second kappa shape index (κ2) is 12.8. The molecule has 10 nitrogen and oxygen atoms in total. The lowest BCUT2D eigenvalue weighted by molar-refractivity contribution is 0.102.